The molecule has 0 aliphatic heterocycles. The zero-order chi connectivity index (χ0) is 19.3. The zero-order valence-corrected chi connectivity index (χ0v) is 16.5. The Hall–Kier alpha value is -3.12. The third-order valence-electron chi connectivity index (χ3n) is 4.50. The highest BCUT2D eigenvalue weighted by Crippen LogP contribution is 2.24. The quantitative estimate of drug-likeness (QED) is 0.489. The number of fused-ring (bicyclic) bond motifs is 1. The van der Waals surface area contributed by atoms with Crippen LogP contribution in [0.1, 0.15) is 30.2 Å². The number of aromatic amines is 1. The van der Waals surface area contributed by atoms with Crippen LogP contribution in [0.5, 0.6) is 0 Å². The van der Waals surface area contributed by atoms with Crippen molar-refractivity contribution in [3.63, 3.8) is 0 Å². The lowest BCUT2D eigenvalue weighted by Gasteiger charge is -2.00. The standard InChI is InChI=1S/C22H22N4OS/c1-2-8-18-17(13-14-23-15-16-9-4-3-5-10-16)21(27)26(25-18)22-24-19-11-6-7-12-20(19)28-22/h3-7,9-14,23,25H,2,8,15H2,1H3. The number of benzene rings is 2. The predicted molar refractivity (Wildman–Crippen MR) is 116 cm³/mol. The van der Waals surface area contributed by atoms with E-state index >= 15 is 0 Å². The van der Waals surface area contributed by atoms with Crippen LogP contribution in [-0.2, 0) is 13.0 Å². The Morgan fingerprint density at radius 2 is 1.93 bits per heavy atom. The molecule has 142 valence electrons. The lowest BCUT2D eigenvalue weighted by atomic mass is 10.1. The van der Waals surface area contributed by atoms with Crippen molar-refractivity contribution in [3.05, 3.63) is 88.0 Å². The van der Waals surface area contributed by atoms with E-state index in [1.54, 1.807) is 4.68 Å². The molecule has 5 nitrogen and oxygen atoms in total. The number of nitrogens with one attached hydrogen (secondary N) is 2. The molecule has 0 fully saturated rings. The van der Waals surface area contributed by atoms with Crippen LogP contribution >= 0.6 is 11.3 Å². The van der Waals surface area contributed by atoms with Gasteiger partial charge in [0.05, 0.1) is 15.8 Å². The molecule has 0 atom stereocenters. The summed E-state index contributed by atoms with van der Waals surface area (Å²) in [5.41, 5.74) is 3.65. The highest BCUT2D eigenvalue weighted by molar-refractivity contribution is 7.20. The average Bonchev–Trinajstić information content (AvgIpc) is 3.28. The third-order valence-corrected chi connectivity index (χ3v) is 5.52. The molecule has 0 unspecified atom stereocenters. The summed E-state index contributed by atoms with van der Waals surface area (Å²) in [5.74, 6) is 0. The lowest BCUT2D eigenvalue weighted by Crippen LogP contribution is -2.15. The Labute approximate surface area is 167 Å². The minimum Gasteiger partial charge on any atom is -0.387 e. The Kier molecular flexibility index (Phi) is 5.39. The maximum atomic E-state index is 13.0. The van der Waals surface area contributed by atoms with Crippen LogP contribution in [0.15, 0.2) is 65.6 Å². The van der Waals surface area contributed by atoms with Gasteiger partial charge in [0.25, 0.3) is 5.56 Å². The second-order valence-corrected chi connectivity index (χ2v) is 7.57. The van der Waals surface area contributed by atoms with E-state index < -0.39 is 0 Å². The van der Waals surface area contributed by atoms with Crippen molar-refractivity contribution in [1.29, 1.82) is 0 Å². The predicted octanol–water partition coefficient (Wildman–Crippen LogP) is 4.49. The van der Waals surface area contributed by atoms with E-state index in [0.717, 1.165) is 35.3 Å². The maximum Gasteiger partial charge on any atom is 0.280 e. The van der Waals surface area contributed by atoms with Crippen LogP contribution in [0.25, 0.3) is 21.4 Å². The summed E-state index contributed by atoms with van der Waals surface area (Å²) in [6.45, 7) is 2.82. The van der Waals surface area contributed by atoms with Crippen LogP contribution in [-0.4, -0.2) is 14.8 Å². The van der Waals surface area contributed by atoms with Gasteiger partial charge in [0, 0.05) is 12.2 Å². The molecule has 0 radical (unpaired) electrons. The number of H-pyrrole nitrogens is 1. The molecule has 6 heteroatoms. The summed E-state index contributed by atoms with van der Waals surface area (Å²) in [6.07, 6.45) is 5.47. The number of thiazole rings is 1. The van der Waals surface area contributed by atoms with E-state index in [0.29, 0.717) is 10.7 Å². The highest BCUT2D eigenvalue weighted by Gasteiger charge is 2.15. The van der Waals surface area contributed by atoms with Gasteiger partial charge in [-0.25, -0.2) is 4.98 Å². The Bertz CT molecular complexity index is 1120. The molecule has 0 aliphatic carbocycles. The van der Waals surface area contributed by atoms with Crippen molar-refractivity contribution < 1.29 is 0 Å². The molecule has 0 amide bonds. The number of nitrogens with zero attached hydrogens (tertiary/aromatic N) is 2. The zero-order valence-electron chi connectivity index (χ0n) is 15.7. The van der Waals surface area contributed by atoms with E-state index in [9.17, 15) is 4.79 Å². The molecule has 2 aromatic carbocycles. The molecule has 28 heavy (non-hydrogen) atoms. The molecule has 0 spiro atoms. The minimum atomic E-state index is -0.0692. The molecule has 0 saturated carbocycles. The molecular weight excluding hydrogens is 368 g/mol. The van der Waals surface area contributed by atoms with Crippen molar-refractivity contribution in [1.82, 2.24) is 20.1 Å². The SMILES string of the molecule is CCCc1[nH]n(-c2nc3ccccc3s2)c(=O)c1C=CNCc1ccccc1. The largest absolute Gasteiger partial charge is 0.387 e. The fraction of sp³-hybridized carbons (Fsp3) is 0.182. The van der Waals surface area contributed by atoms with Gasteiger partial charge in [-0.3, -0.25) is 9.89 Å². The number of rotatable bonds is 7. The van der Waals surface area contributed by atoms with Crippen LogP contribution in [0.3, 0.4) is 0 Å². The van der Waals surface area contributed by atoms with E-state index in [4.69, 9.17) is 0 Å². The first-order valence-corrected chi connectivity index (χ1v) is 10.2. The van der Waals surface area contributed by atoms with Crippen molar-refractivity contribution in [2.24, 2.45) is 0 Å². The molecular formula is C22H22N4OS. The molecule has 4 aromatic rings. The second kappa shape index (κ2) is 8.27. The monoisotopic (exact) mass is 390 g/mol. The number of hydrogen-bond donors (Lipinski definition) is 2. The third kappa shape index (κ3) is 3.77. The highest BCUT2D eigenvalue weighted by atomic mass is 32.1. The summed E-state index contributed by atoms with van der Waals surface area (Å²) < 4.78 is 2.63. The molecule has 2 aromatic heterocycles. The van der Waals surface area contributed by atoms with Crippen molar-refractivity contribution in [2.75, 3.05) is 0 Å². The fourth-order valence-electron chi connectivity index (χ4n) is 3.11. The molecule has 0 bridgehead atoms. The molecule has 0 aliphatic rings. The number of para-hydroxylation sites is 1. The van der Waals surface area contributed by atoms with Gasteiger partial charge in [-0.2, -0.15) is 4.68 Å². The summed E-state index contributed by atoms with van der Waals surface area (Å²) in [5, 5.41) is 7.19. The van der Waals surface area contributed by atoms with Crippen molar-refractivity contribution in [2.45, 2.75) is 26.3 Å². The van der Waals surface area contributed by atoms with Gasteiger partial charge >= 0.3 is 0 Å². The molecule has 2 heterocycles. The average molecular weight is 391 g/mol. The van der Waals surface area contributed by atoms with Gasteiger partial charge in [-0.15, -0.1) is 0 Å². The van der Waals surface area contributed by atoms with Crippen LogP contribution in [0, 0.1) is 0 Å². The van der Waals surface area contributed by atoms with E-state index in [2.05, 4.69) is 34.5 Å². The number of aryl methyl sites for hydroxylation is 1. The number of hydrogen-bond acceptors (Lipinski definition) is 4. The van der Waals surface area contributed by atoms with Gasteiger partial charge in [0.1, 0.15) is 0 Å². The van der Waals surface area contributed by atoms with Crippen LogP contribution < -0.4 is 10.9 Å². The first kappa shape index (κ1) is 18.3. The lowest BCUT2D eigenvalue weighted by molar-refractivity contribution is 0.790. The second-order valence-electron chi connectivity index (χ2n) is 6.56. The summed E-state index contributed by atoms with van der Waals surface area (Å²) >= 11 is 1.51. The Balaban J connectivity index is 1.61. The molecule has 4 rings (SSSR count). The molecule has 2 N–H and O–H groups in total. The van der Waals surface area contributed by atoms with Gasteiger partial charge in [0.15, 0.2) is 0 Å². The first-order valence-electron chi connectivity index (χ1n) is 9.40. The van der Waals surface area contributed by atoms with E-state index in [1.807, 2.05) is 54.7 Å². The normalized spacial score (nSPS) is 11.5. The summed E-state index contributed by atoms with van der Waals surface area (Å²) in [6, 6.07) is 18.1. The van der Waals surface area contributed by atoms with Gasteiger partial charge in [0.2, 0.25) is 5.13 Å². The summed E-state index contributed by atoms with van der Waals surface area (Å²) in [7, 11) is 0. The first-order chi connectivity index (χ1) is 13.8. The molecule has 0 saturated heterocycles. The van der Waals surface area contributed by atoms with Gasteiger partial charge < -0.3 is 5.32 Å². The maximum absolute atomic E-state index is 13.0. The Morgan fingerprint density at radius 3 is 2.71 bits per heavy atom. The van der Waals surface area contributed by atoms with Gasteiger partial charge in [-0.05, 0) is 36.4 Å². The van der Waals surface area contributed by atoms with E-state index in [1.165, 1.54) is 16.9 Å². The summed E-state index contributed by atoms with van der Waals surface area (Å²) in [4.78, 5) is 17.6. The van der Waals surface area contributed by atoms with Crippen molar-refractivity contribution >= 4 is 27.6 Å². The van der Waals surface area contributed by atoms with Crippen molar-refractivity contribution in [3.8, 4) is 5.13 Å². The van der Waals surface area contributed by atoms with Crippen LogP contribution in [0.4, 0.5) is 0 Å². The minimum absolute atomic E-state index is 0.0692. The smallest absolute Gasteiger partial charge is 0.280 e. The van der Waals surface area contributed by atoms with Crippen LogP contribution in [0.2, 0.25) is 0 Å². The fourth-order valence-corrected chi connectivity index (χ4v) is 4.04. The Morgan fingerprint density at radius 1 is 1.14 bits per heavy atom. The van der Waals surface area contributed by atoms with Gasteiger partial charge in [-0.1, -0.05) is 67.1 Å². The topological polar surface area (TPSA) is 62.7 Å². The number of aromatic nitrogens is 3. The van der Waals surface area contributed by atoms with E-state index in [-0.39, 0.29) is 5.56 Å².